The second-order valence-electron chi connectivity index (χ2n) is 9.94. The first-order valence-electron chi connectivity index (χ1n) is 11.0. The van der Waals surface area contributed by atoms with E-state index in [4.69, 9.17) is 4.74 Å². The van der Waals surface area contributed by atoms with Crippen molar-refractivity contribution in [2.45, 2.75) is 76.2 Å². The highest BCUT2D eigenvalue weighted by molar-refractivity contribution is 5.80. The minimum absolute atomic E-state index is 0.157. The Labute approximate surface area is 176 Å². The predicted molar refractivity (Wildman–Crippen MR) is 116 cm³/mol. The van der Waals surface area contributed by atoms with E-state index in [-0.39, 0.29) is 18.2 Å². The molecule has 2 N–H and O–H groups in total. The molecular weight excluding hydrogens is 368 g/mol. The lowest BCUT2D eigenvalue weighted by atomic mass is 9.98. The third-order valence-electron chi connectivity index (χ3n) is 6.39. The molecule has 3 aliphatic rings. The summed E-state index contributed by atoms with van der Waals surface area (Å²) in [7, 11) is 6.21. The summed E-state index contributed by atoms with van der Waals surface area (Å²) in [5.74, 6) is 0.863. The Morgan fingerprint density at radius 1 is 1.14 bits per heavy atom. The van der Waals surface area contributed by atoms with Crippen molar-refractivity contribution in [3.05, 3.63) is 0 Å². The van der Waals surface area contributed by atoms with Crippen molar-refractivity contribution in [2.75, 3.05) is 47.3 Å². The molecule has 8 nitrogen and oxygen atoms in total. The molecule has 3 aliphatic heterocycles. The second-order valence-corrected chi connectivity index (χ2v) is 9.94. The van der Waals surface area contributed by atoms with E-state index in [2.05, 4.69) is 39.5 Å². The quantitative estimate of drug-likeness (QED) is 0.542. The van der Waals surface area contributed by atoms with Gasteiger partial charge in [0.2, 0.25) is 0 Å². The van der Waals surface area contributed by atoms with Crippen molar-refractivity contribution in [3.63, 3.8) is 0 Å². The fourth-order valence-electron chi connectivity index (χ4n) is 4.83. The van der Waals surface area contributed by atoms with Crippen LogP contribution in [-0.4, -0.2) is 104 Å². The fourth-order valence-corrected chi connectivity index (χ4v) is 4.83. The lowest BCUT2D eigenvalue weighted by Crippen LogP contribution is -2.57. The van der Waals surface area contributed by atoms with Crippen molar-refractivity contribution in [2.24, 2.45) is 4.99 Å². The van der Waals surface area contributed by atoms with E-state index >= 15 is 0 Å². The number of ether oxygens (including phenoxy) is 1. The highest BCUT2D eigenvalue weighted by Crippen LogP contribution is 2.36. The van der Waals surface area contributed by atoms with Crippen LogP contribution < -0.4 is 10.6 Å². The Bertz CT molecular complexity index is 590. The van der Waals surface area contributed by atoms with Gasteiger partial charge in [0, 0.05) is 57.4 Å². The average molecular weight is 409 g/mol. The van der Waals surface area contributed by atoms with Crippen molar-refractivity contribution >= 4 is 12.1 Å². The van der Waals surface area contributed by atoms with Crippen LogP contribution in [0.25, 0.3) is 0 Å². The first kappa shape index (κ1) is 22.2. The van der Waals surface area contributed by atoms with Crippen LogP contribution in [0.4, 0.5) is 4.79 Å². The van der Waals surface area contributed by atoms with E-state index in [0.29, 0.717) is 12.1 Å². The highest BCUT2D eigenvalue weighted by Gasteiger charge is 2.45. The van der Waals surface area contributed by atoms with E-state index in [1.54, 1.807) is 0 Å². The summed E-state index contributed by atoms with van der Waals surface area (Å²) < 4.78 is 5.64. The first-order chi connectivity index (χ1) is 13.7. The summed E-state index contributed by atoms with van der Waals surface area (Å²) in [5.41, 5.74) is -0.447. The first-order valence-corrected chi connectivity index (χ1v) is 11.0. The molecule has 3 unspecified atom stereocenters. The van der Waals surface area contributed by atoms with Crippen LogP contribution in [0.5, 0.6) is 0 Å². The van der Waals surface area contributed by atoms with Crippen LogP contribution >= 0.6 is 0 Å². The normalized spacial score (nSPS) is 31.7. The molecule has 2 bridgehead atoms. The summed E-state index contributed by atoms with van der Waals surface area (Å²) in [4.78, 5) is 23.9. The number of piperidine rings is 1. The van der Waals surface area contributed by atoms with Gasteiger partial charge in [0.15, 0.2) is 5.96 Å². The molecule has 0 spiro atoms. The smallest absolute Gasteiger partial charge is 0.410 e. The minimum Gasteiger partial charge on any atom is -0.444 e. The number of fused-ring (bicyclic) bond motifs is 2. The van der Waals surface area contributed by atoms with Gasteiger partial charge in [0.05, 0.1) is 0 Å². The number of likely N-dealkylation sites (N-methyl/N-ethyl adjacent to an activating group) is 2. The Morgan fingerprint density at radius 2 is 1.79 bits per heavy atom. The van der Waals surface area contributed by atoms with Gasteiger partial charge >= 0.3 is 6.09 Å². The Hall–Kier alpha value is -1.54. The predicted octanol–water partition coefficient (Wildman–Crippen LogP) is 1.33. The topological polar surface area (TPSA) is 72.4 Å². The molecule has 0 saturated carbocycles. The maximum Gasteiger partial charge on any atom is 0.410 e. The number of carbonyl (C=O) groups excluding carboxylic acids is 1. The summed E-state index contributed by atoms with van der Waals surface area (Å²) in [5, 5.41) is 7.13. The lowest BCUT2D eigenvalue weighted by molar-refractivity contribution is 0.00544. The van der Waals surface area contributed by atoms with Crippen molar-refractivity contribution in [1.29, 1.82) is 0 Å². The van der Waals surface area contributed by atoms with Crippen molar-refractivity contribution in [1.82, 2.24) is 25.3 Å². The van der Waals surface area contributed by atoms with Crippen LogP contribution in [0.15, 0.2) is 4.99 Å². The Morgan fingerprint density at radius 3 is 2.38 bits per heavy atom. The number of amides is 1. The maximum absolute atomic E-state index is 12.6. The number of piperazine rings is 1. The second kappa shape index (κ2) is 9.08. The molecule has 166 valence electrons. The Balaban J connectivity index is 1.50. The highest BCUT2D eigenvalue weighted by atomic mass is 16.6. The van der Waals surface area contributed by atoms with Crippen LogP contribution in [0.3, 0.4) is 0 Å². The average Bonchev–Trinajstić information content (AvgIpc) is 2.91. The number of hydrogen-bond acceptors (Lipinski definition) is 5. The largest absolute Gasteiger partial charge is 0.444 e. The molecular formula is C21H40N6O2. The van der Waals surface area contributed by atoms with Crippen molar-refractivity contribution in [3.8, 4) is 0 Å². The van der Waals surface area contributed by atoms with Gasteiger partial charge in [0.25, 0.3) is 0 Å². The van der Waals surface area contributed by atoms with Crippen molar-refractivity contribution < 1.29 is 9.53 Å². The van der Waals surface area contributed by atoms with Crippen LogP contribution in [0, 0.1) is 0 Å². The molecule has 29 heavy (non-hydrogen) atoms. The molecule has 3 heterocycles. The van der Waals surface area contributed by atoms with E-state index in [1.807, 2.05) is 32.7 Å². The zero-order valence-electron chi connectivity index (χ0n) is 19.1. The molecule has 3 rings (SSSR count). The van der Waals surface area contributed by atoms with Gasteiger partial charge in [-0.15, -0.1) is 0 Å². The molecule has 0 aromatic rings. The minimum atomic E-state index is -0.447. The van der Waals surface area contributed by atoms with E-state index < -0.39 is 5.60 Å². The van der Waals surface area contributed by atoms with Gasteiger partial charge in [-0.2, -0.15) is 0 Å². The maximum atomic E-state index is 12.6. The number of guanidine groups is 1. The number of nitrogens with zero attached hydrogens (tertiary/aromatic N) is 4. The number of aliphatic imine (C=N–C) groups is 1. The lowest BCUT2D eigenvalue weighted by Gasteiger charge is -2.40. The molecule has 0 aromatic carbocycles. The third kappa shape index (κ3) is 5.75. The number of carbonyl (C=O) groups is 1. The zero-order valence-corrected chi connectivity index (χ0v) is 19.1. The molecule has 3 atom stereocenters. The number of hydrogen-bond donors (Lipinski definition) is 2. The summed E-state index contributed by atoms with van der Waals surface area (Å²) in [6, 6.07) is 1.34. The molecule has 0 radical (unpaired) electrons. The van der Waals surface area contributed by atoms with Gasteiger partial charge in [0.1, 0.15) is 5.60 Å². The zero-order chi connectivity index (χ0) is 21.2. The summed E-state index contributed by atoms with van der Waals surface area (Å²) in [6.45, 7) is 9.96. The standard InChI is InChI=1S/C21H40N6O2/c1-21(2,3)29-20(28)27-16-7-8-17(27)12-15(11-16)24-19(22-4)23-13-18-14-25(5)9-10-26(18)6/h15-18H,7-14H2,1-6H3,(H2,22,23,24). The monoisotopic (exact) mass is 408 g/mol. The van der Waals surface area contributed by atoms with Gasteiger partial charge in [-0.25, -0.2) is 4.79 Å². The van der Waals surface area contributed by atoms with Gasteiger partial charge < -0.3 is 25.2 Å². The molecule has 1 amide bonds. The van der Waals surface area contributed by atoms with Gasteiger partial charge in [-0.05, 0) is 60.5 Å². The van der Waals surface area contributed by atoms with Gasteiger partial charge in [-0.1, -0.05) is 0 Å². The Kier molecular flexibility index (Phi) is 6.94. The number of nitrogens with one attached hydrogen (secondary N) is 2. The van der Waals surface area contributed by atoms with Gasteiger partial charge in [-0.3, -0.25) is 9.89 Å². The van der Waals surface area contributed by atoms with Crippen LogP contribution in [-0.2, 0) is 4.74 Å². The number of rotatable bonds is 3. The SMILES string of the molecule is CN=C(NCC1CN(C)CCN1C)NC1CC2CCC(C1)N2C(=O)OC(C)(C)C. The molecule has 3 fully saturated rings. The fraction of sp³-hybridized carbons (Fsp3) is 0.905. The summed E-state index contributed by atoms with van der Waals surface area (Å²) >= 11 is 0. The van der Waals surface area contributed by atoms with E-state index in [0.717, 1.165) is 57.8 Å². The van der Waals surface area contributed by atoms with Crippen LogP contribution in [0.2, 0.25) is 0 Å². The third-order valence-corrected chi connectivity index (χ3v) is 6.39. The van der Waals surface area contributed by atoms with E-state index in [9.17, 15) is 4.79 Å². The summed E-state index contributed by atoms with van der Waals surface area (Å²) in [6.07, 6.45) is 3.86. The molecule has 0 aliphatic carbocycles. The van der Waals surface area contributed by atoms with Crippen LogP contribution in [0.1, 0.15) is 46.5 Å². The molecule has 3 saturated heterocycles. The van der Waals surface area contributed by atoms with E-state index in [1.165, 1.54) is 0 Å². The molecule has 0 aromatic heterocycles. The molecule has 8 heteroatoms.